The zero-order valence-electron chi connectivity index (χ0n) is 23.0. The fraction of sp³-hybridized carbons (Fsp3) is 0.548. The molecule has 2 aromatic carbocycles. The zero-order valence-corrected chi connectivity index (χ0v) is 23.0. The molecule has 0 spiro atoms. The lowest BCUT2D eigenvalue weighted by Gasteiger charge is -2.38. The molecule has 3 heteroatoms. The van der Waals surface area contributed by atoms with E-state index in [1.165, 1.54) is 37.6 Å². The fourth-order valence-electron chi connectivity index (χ4n) is 5.40. The lowest BCUT2D eigenvalue weighted by molar-refractivity contribution is 0.359. The van der Waals surface area contributed by atoms with E-state index in [1.54, 1.807) is 11.1 Å². The fourth-order valence-corrected chi connectivity index (χ4v) is 5.40. The van der Waals surface area contributed by atoms with Gasteiger partial charge in [-0.25, -0.2) is 9.97 Å². The molecule has 3 aliphatic rings. The first-order valence-corrected chi connectivity index (χ1v) is 13.7. The molecule has 0 N–H and O–H groups in total. The molecule has 0 unspecified atom stereocenters. The van der Waals surface area contributed by atoms with Gasteiger partial charge in [-0.15, -0.1) is 0 Å². The molecule has 0 saturated heterocycles. The topological polar surface area (TPSA) is 30.2 Å². The van der Waals surface area contributed by atoms with Crippen molar-refractivity contribution >= 4 is 27.6 Å². The van der Waals surface area contributed by atoms with Crippen LogP contribution < -0.4 is 0 Å². The predicted molar refractivity (Wildman–Crippen MR) is 149 cm³/mol. The minimum Gasteiger partial charge on any atom is -0.279 e. The molecule has 3 nitrogen and oxygen atoms in total. The Morgan fingerprint density at radius 2 is 1.32 bits per heavy atom. The average Bonchev–Trinajstić information content (AvgIpc) is 3.24. The van der Waals surface area contributed by atoms with Crippen molar-refractivity contribution in [2.24, 2.45) is 0 Å². The highest BCUT2D eigenvalue weighted by Gasteiger charge is 2.34. The molecule has 184 valence electrons. The maximum absolute atomic E-state index is 5.13. The van der Waals surface area contributed by atoms with E-state index in [9.17, 15) is 0 Å². The molecule has 0 radical (unpaired) electrons. The molecular formula is C31H45N3. The summed E-state index contributed by atoms with van der Waals surface area (Å²) in [4.78, 5) is 10.2. The van der Waals surface area contributed by atoms with Crippen LogP contribution >= 0.6 is 0 Å². The summed E-state index contributed by atoms with van der Waals surface area (Å²) in [6, 6.07) is 13.3. The third-order valence-electron chi connectivity index (χ3n) is 6.72. The van der Waals surface area contributed by atoms with Crippen molar-refractivity contribution < 1.29 is 0 Å². The molecule has 7 rings (SSSR count). The van der Waals surface area contributed by atoms with Gasteiger partial charge in [0.25, 0.3) is 0 Å². The Labute approximate surface area is 207 Å². The van der Waals surface area contributed by atoms with Gasteiger partial charge in [-0.2, -0.15) is 0 Å². The number of rotatable bonds is 0. The molecule has 2 aromatic heterocycles. The highest BCUT2D eigenvalue weighted by atomic mass is 15.1. The van der Waals surface area contributed by atoms with Gasteiger partial charge in [0.15, 0.2) is 0 Å². The Morgan fingerprint density at radius 3 is 1.88 bits per heavy atom. The number of hydrogen-bond acceptors (Lipinski definition) is 2. The summed E-state index contributed by atoms with van der Waals surface area (Å²) in [6.07, 6.45) is 6.67. The number of fused-ring (bicyclic) bond motifs is 7. The second-order valence-corrected chi connectivity index (χ2v) is 10.2. The van der Waals surface area contributed by atoms with Crippen LogP contribution in [0, 0.1) is 0 Å². The summed E-state index contributed by atoms with van der Waals surface area (Å²) < 4.78 is 2.33. The van der Waals surface area contributed by atoms with E-state index in [4.69, 9.17) is 9.97 Å². The summed E-state index contributed by atoms with van der Waals surface area (Å²) in [5.74, 6) is 2.59. The van der Waals surface area contributed by atoms with Gasteiger partial charge >= 0.3 is 0 Å². The average molecular weight is 460 g/mol. The highest BCUT2D eigenvalue weighted by Crippen LogP contribution is 2.50. The maximum Gasteiger partial charge on any atom is 0.148 e. The van der Waals surface area contributed by atoms with Crippen LogP contribution in [0.15, 0.2) is 36.4 Å². The summed E-state index contributed by atoms with van der Waals surface area (Å²) in [7, 11) is 0. The number of benzene rings is 2. The predicted octanol–water partition coefficient (Wildman–Crippen LogP) is 9.56. The normalized spacial score (nSPS) is 18.4. The van der Waals surface area contributed by atoms with Crippen LogP contribution in [0.25, 0.3) is 27.6 Å². The van der Waals surface area contributed by atoms with Crippen molar-refractivity contribution in [3.8, 4) is 0 Å². The number of nitrogens with zero attached hydrogens (tertiary/aromatic N) is 3. The van der Waals surface area contributed by atoms with Crippen molar-refractivity contribution in [2.45, 2.75) is 112 Å². The van der Waals surface area contributed by atoms with Gasteiger partial charge in [-0.3, -0.25) is 4.40 Å². The molecule has 3 aliphatic carbocycles. The van der Waals surface area contributed by atoms with Gasteiger partial charge in [0, 0.05) is 10.8 Å². The van der Waals surface area contributed by atoms with E-state index in [0.717, 1.165) is 39.7 Å². The third kappa shape index (κ3) is 4.59. The molecule has 0 aliphatic heterocycles. The minimum atomic E-state index is -0.0508. The first-order valence-electron chi connectivity index (χ1n) is 13.7. The molecule has 2 heterocycles. The van der Waals surface area contributed by atoms with Gasteiger partial charge in [-0.05, 0) is 72.9 Å². The van der Waals surface area contributed by atoms with Crippen molar-refractivity contribution in [2.75, 3.05) is 0 Å². The van der Waals surface area contributed by atoms with Crippen LogP contribution in [0.3, 0.4) is 0 Å². The lowest BCUT2D eigenvalue weighted by atomic mass is 9.67. The largest absolute Gasteiger partial charge is 0.279 e. The van der Waals surface area contributed by atoms with Gasteiger partial charge < -0.3 is 0 Å². The number of imidazole rings is 1. The Hall–Kier alpha value is -2.42. The summed E-state index contributed by atoms with van der Waals surface area (Å²) in [5.41, 5.74) is 7.56. The van der Waals surface area contributed by atoms with E-state index in [0.29, 0.717) is 0 Å². The molecule has 1 fully saturated rings. The van der Waals surface area contributed by atoms with Crippen LogP contribution in [0.1, 0.15) is 123 Å². The molecule has 0 atom stereocenters. The Balaban J connectivity index is 0.000000423. The Bertz CT molecular complexity index is 1230. The molecule has 0 amide bonds. The van der Waals surface area contributed by atoms with Crippen molar-refractivity contribution in [3.05, 3.63) is 53.3 Å². The quantitative estimate of drug-likeness (QED) is 0.262. The Morgan fingerprint density at radius 1 is 0.794 bits per heavy atom. The van der Waals surface area contributed by atoms with Gasteiger partial charge in [0.1, 0.15) is 11.5 Å². The van der Waals surface area contributed by atoms with Gasteiger partial charge in [0.05, 0.1) is 16.6 Å². The van der Waals surface area contributed by atoms with Crippen LogP contribution in [0.5, 0.6) is 0 Å². The van der Waals surface area contributed by atoms with Crippen molar-refractivity contribution in [1.29, 1.82) is 0 Å². The van der Waals surface area contributed by atoms with Crippen molar-refractivity contribution in [3.63, 3.8) is 0 Å². The van der Waals surface area contributed by atoms with Crippen LogP contribution in [0.4, 0.5) is 0 Å². The van der Waals surface area contributed by atoms with E-state index < -0.39 is 0 Å². The number of hydrogen-bond donors (Lipinski definition) is 0. The molecule has 34 heavy (non-hydrogen) atoms. The van der Waals surface area contributed by atoms with E-state index in [-0.39, 0.29) is 5.41 Å². The van der Waals surface area contributed by atoms with E-state index >= 15 is 0 Å². The molecule has 2 bridgehead atoms. The molecular weight excluding hydrogens is 414 g/mol. The summed E-state index contributed by atoms with van der Waals surface area (Å²) >= 11 is 0. The Kier molecular flexibility index (Phi) is 8.38. The molecule has 4 aromatic rings. The molecule has 1 saturated carbocycles. The third-order valence-corrected chi connectivity index (χ3v) is 6.72. The first kappa shape index (κ1) is 26.2. The summed E-state index contributed by atoms with van der Waals surface area (Å²) in [5, 5.41) is 1.14. The van der Waals surface area contributed by atoms with Crippen molar-refractivity contribution in [1.82, 2.24) is 14.4 Å². The van der Waals surface area contributed by atoms with E-state index in [1.807, 2.05) is 27.7 Å². The number of para-hydroxylation sites is 1. The van der Waals surface area contributed by atoms with Crippen LogP contribution in [0.2, 0.25) is 0 Å². The summed E-state index contributed by atoms with van der Waals surface area (Å²) in [6.45, 7) is 19.0. The number of aromatic nitrogens is 3. The second kappa shape index (κ2) is 10.9. The minimum absolute atomic E-state index is 0.0508. The SMILES string of the molecule is CC.CC.CC(C)(C)c1nc2ccccc2c2nc3cc4c(cc3n12)C1CCC4CC1.CCC. The highest BCUT2D eigenvalue weighted by molar-refractivity contribution is 5.97. The zero-order chi connectivity index (χ0) is 25.0. The maximum atomic E-state index is 5.13. The van der Waals surface area contributed by atoms with Crippen LogP contribution in [-0.4, -0.2) is 14.4 Å². The first-order chi connectivity index (χ1) is 16.4. The van der Waals surface area contributed by atoms with Crippen LogP contribution in [-0.2, 0) is 5.41 Å². The standard InChI is InChI=1S/C24H25N3.C3H8.2C2H6/c1-24(2,3)23-26-19-7-5-4-6-16(19)22-25-20-12-17-14-8-10-15(11-9-14)18(17)13-21(20)27(22)23;1-3-2;2*1-2/h4-7,12-15H,8-11H2,1-3H3;3H2,1-2H3;2*1-2H3. The van der Waals surface area contributed by atoms with Gasteiger partial charge in [0.2, 0.25) is 0 Å². The second-order valence-electron chi connectivity index (χ2n) is 10.2. The monoisotopic (exact) mass is 459 g/mol. The lowest BCUT2D eigenvalue weighted by Crippen LogP contribution is -2.22. The smallest absolute Gasteiger partial charge is 0.148 e. The van der Waals surface area contributed by atoms with E-state index in [2.05, 4.69) is 75.4 Å². The van der Waals surface area contributed by atoms with Gasteiger partial charge in [-0.1, -0.05) is 80.9 Å².